The summed E-state index contributed by atoms with van der Waals surface area (Å²) < 4.78 is 49.5. The van der Waals surface area contributed by atoms with Gasteiger partial charge in [0.05, 0.1) is 6.10 Å². The first-order valence-electron chi connectivity index (χ1n) is 11.6. The summed E-state index contributed by atoms with van der Waals surface area (Å²) in [6, 6.07) is 11.4. The molecule has 0 saturated carbocycles. The summed E-state index contributed by atoms with van der Waals surface area (Å²) in [5, 5.41) is 12.7. The van der Waals surface area contributed by atoms with Crippen LogP contribution in [0.1, 0.15) is 48.2 Å². The largest absolute Gasteiger partial charge is 0.489 e. The minimum Gasteiger partial charge on any atom is -0.489 e. The molecule has 0 radical (unpaired) electrons. The lowest BCUT2D eigenvalue weighted by atomic mass is 9.87. The van der Waals surface area contributed by atoms with Crippen molar-refractivity contribution in [3.8, 4) is 5.75 Å². The van der Waals surface area contributed by atoms with Gasteiger partial charge in [-0.3, -0.25) is 4.99 Å². The molecule has 1 heterocycles. The minimum atomic E-state index is -0.901. The molecule has 2 N–H and O–H groups in total. The number of aliphatic hydroxyl groups is 1. The lowest BCUT2D eigenvalue weighted by Gasteiger charge is -2.20. The normalized spacial score (nSPS) is 20.6. The van der Waals surface area contributed by atoms with E-state index in [0.29, 0.717) is 34.4 Å². The van der Waals surface area contributed by atoms with Gasteiger partial charge in [-0.05, 0) is 36.6 Å². The Morgan fingerprint density at radius 3 is 2.58 bits per heavy atom. The van der Waals surface area contributed by atoms with E-state index >= 15 is 0 Å². The van der Waals surface area contributed by atoms with E-state index in [0.717, 1.165) is 0 Å². The summed E-state index contributed by atoms with van der Waals surface area (Å²) in [7, 11) is 0. The van der Waals surface area contributed by atoms with E-state index in [1.165, 1.54) is 12.1 Å². The Morgan fingerprint density at radius 2 is 1.94 bits per heavy atom. The van der Waals surface area contributed by atoms with Crippen molar-refractivity contribution in [3.63, 3.8) is 0 Å². The number of benzene rings is 2. The molecule has 1 aliphatic heterocycles. The lowest BCUT2D eigenvalue weighted by molar-refractivity contribution is 0.199. The first-order valence-corrected chi connectivity index (χ1v) is 11.6. The average molecular weight is 493 g/mol. The first kappa shape index (κ1) is 25.3. The van der Waals surface area contributed by atoms with Crippen LogP contribution in [-0.2, 0) is 0 Å². The Hall–Kier alpha value is -3.84. The summed E-state index contributed by atoms with van der Waals surface area (Å²) >= 11 is 0. The molecule has 2 aromatic rings. The third-order valence-electron chi connectivity index (χ3n) is 6.03. The zero-order valence-electron chi connectivity index (χ0n) is 19.8. The highest BCUT2D eigenvalue weighted by molar-refractivity contribution is 5.83. The topological polar surface area (TPSA) is 53.9 Å². The van der Waals surface area contributed by atoms with E-state index in [1.807, 2.05) is 0 Å². The highest BCUT2D eigenvalue weighted by atomic mass is 19.2. The summed E-state index contributed by atoms with van der Waals surface area (Å²) in [5.74, 6) is -2.48. The predicted octanol–water partition coefficient (Wildman–Crippen LogP) is 6.82. The second-order valence-corrected chi connectivity index (χ2v) is 8.56. The highest BCUT2D eigenvalue weighted by Crippen LogP contribution is 2.39. The molecular weight excluding hydrogens is 465 g/mol. The van der Waals surface area contributed by atoms with Gasteiger partial charge in [-0.1, -0.05) is 55.1 Å². The molecule has 4 rings (SSSR count). The van der Waals surface area contributed by atoms with Gasteiger partial charge in [0.15, 0.2) is 5.83 Å². The zero-order valence-corrected chi connectivity index (χ0v) is 19.8. The number of nitrogens with one attached hydrogen (secondary N) is 1. The van der Waals surface area contributed by atoms with E-state index in [2.05, 4.69) is 16.9 Å². The molecule has 186 valence electrons. The molecule has 0 spiro atoms. The number of rotatable bonds is 8. The number of nitrogens with zero attached hydrogens (tertiary/aromatic N) is 1. The highest BCUT2D eigenvalue weighted by Gasteiger charge is 2.26. The van der Waals surface area contributed by atoms with Crippen LogP contribution in [0.2, 0.25) is 0 Å². The zero-order chi connectivity index (χ0) is 25.7. The fourth-order valence-corrected chi connectivity index (χ4v) is 4.00. The van der Waals surface area contributed by atoms with Gasteiger partial charge in [0.25, 0.3) is 0 Å². The van der Waals surface area contributed by atoms with Crippen molar-refractivity contribution in [2.75, 3.05) is 6.61 Å². The first-order chi connectivity index (χ1) is 17.4. The molecule has 3 atom stereocenters. The fraction of sp³-hybridized carbons (Fsp3) is 0.207. The summed E-state index contributed by atoms with van der Waals surface area (Å²) in [6.07, 6.45) is 8.61. The molecule has 4 nitrogen and oxygen atoms in total. The lowest BCUT2D eigenvalue weighted by Crippen LogP contribution is -2.19. The van der Waals surface area contributed by atoms with Crippen molar-refractivity contribution >= 4 is 6.21 Å². The average Bonchev–Trinajstić information content (AvgIpc) is 2.89. The number of ether oxygens (including phenoxy) is 1. The maximum Gasteiger partial charge on any atom is 0.162 e. The Bertz CT molecular complexity index is 1270. The van der Waals surface area contributed by atoms with E-state index in [1.54, 1.807) is 74.0 Å². The van der Waals surface area contributed by atoms with Crippen LogP contribution in [0.15, 0.2) is 107 Å². The van der Waals surface area contributed by atoms with Gasteiger partial charge < -0.3 is 15.2 Å². The summed E-state index contributed by atoms with van der Waals surface area (Å²) in [6.45, 7) is 5.49. The molecule has 0 aromatic heterocycles. The third-order valence-corrected chi connectivity index (χ3v) is 6.03. The molecule has 1 aliphatic carbocycles. The number of hydrogen-bond acceptors (Lipinski definition) is 4. The second kappa shape index (κ2) is 11.3. The van der Waals surface area contributed by atoms with Gasteiger partial charge in [0.2, 0.25) is 0 Å². The van der Waals surface area contributed by atoms with Crippen molar-refractivity contribution in [1.29, 1.82) is 0 Å². The van der Waals surface area contributed by atoms with E-state index in [9.17, 15) is 18.3 Å². The monoisotopic (exact) mass is 492 g/mol. The number of allylic oxidation sites excluding steroid dienone is 7. The van der Waals surface area contributed by atoms with Gasteiger partial charge in [0.1, 0.15) is 30.2 Å². The molecule has 2 aliphatic rings. The number of halogens is 3. The van der Waals surface area contributed by atoms with Crippen molar-refractivity contribution in [2.45, 2.75) is 31.5 Å². The van der Waals surface area contributed by atoms with Gasteiger partial charge >= 0.3 is 0 Å². The molecule has 2 aromatic carbocycles. The maximum absolute atomic E-state index is 14.9. The van der Waals surface area contributed by atoms with Crippen LogP contribution < -0.4 is 10.1 Å². The molecule has 0 bridgehead atoms. The quantitative estimate of drug-likeness (QED) is 0.398. The van der Waals surface area contributed by atoms with Gasteiger partial charge in [-0.25, -0.2) is 13.2 Å². The minimum absolute atomic E-state index is 0.155. The van der Waals surface area contributed by atoms with Crippen LogP contribution in [0.3, 0.4) is 0 Å². The molecule has 0 fully saturated rings. The Labute approximate surface area is 208 Å². The van der Waals surface area contributed by atoms with Gasteiger partial charge in [0, 0.05) is 41.1 Å². The number of hydrogen-bond donors (Lipinski definition) is 2. The van der Waals surface area contributed by atoms with Gasteiger partial charge in [-0.2, -0.15) is 0 Å². The third kappa shape index (κ3) is 5.69. The van der Waals surface area contributed by atoms with Crippen LogP contribution in [0, 0.1) is 5.82 Å². The second-order valence-electron chi connectivity index (χ2n) is 8.56. The van der Waals surface area contributed by atoms with Crippen LogP contribution in [0.25, 0.3) is 0 Å². The summed E-state index contributed by atoms with van der Waals surface area (Å²) in [5.41, 5.74) is 2.50. The van der Waals surface area contributed by atoms with Crippen molar-refractivity contribution in [2.24, 2.45) is 4.99 Å². The summed E-state index contributed by atoms with van der Waals surface area (Å²) in [4.78, 5) is 4.33. The Morgan fingerprint density at radius 1 is 1.17 bits per heavy atom. The Balaban J connectivity index is 1.40. The smallest absolute Gasteiger partial charge is 0.162 e. The van der Waals surface area contributed by atoms with Crippen LogP contribution >= 0.6 is 0 Å². The fourth-order valence-electron chi connectivity index (χ4n) is 4.00. The van der Waals surface area contributed by atoms with Crippen LogP contribution in [0.5, 0.6) is 5.75 Å². The van der Waals surface area contributed by atoms with Crippen molar-refractivity contribution in [3.05, 3.63) is 125 Å². The number of aliphatic hydroxyl groups excluding tert-OH is 1. The molecule has 0 saturated heterocycles. The molecule has 0 amide bonds. The number of aliphatic imine (C=N–C) groups is 1. The molecule has 2 unspecified atom stereocenters. The van der Waals surface area contributed by atoms with E-state index < -0.39 is 35.7 Å². The predicted molar refractivity (Wildman–Crippen MR) is 135 cm³/mol. The van der Waals surface area contributed by atoms with Crippen LogP contribution in [0.4, 0.5) is 13.2 Å². The van der Waals surface area contributed by atoms with E-state index in [4.69, 9.17) is 4.74 Å². The molecule has 7 heteroatoms. The van der Waals surface area contributed by atoms with Crippen molar-refractivity contribution < 1.29 is 23.0 Å². The molecular formula is C29H27F3N2O2. The van der Waals surface area contributed by atoms with Gasteiger partial charge in [-0.15, -0.1) is 0 Å². The SMILES string of the molecule is C=CCOc1ccc([C@@H]2N=CC(/C=C/C3=CCC(c4ccc(C(C)O)cc4)C(F)=C3F)=CN2)c(F)c1. The van der Waals surface area contributed by atoms with Crippen LogP contribution in [-0.4, -0.2) is 17.9 Å². The van der Waals surface area contributed by atoms with E-state index in [-0.39, 0.29) is 12.2 Å². The maximum atomic E-state index is 14.9. The van der Waals surface area contributed by atoms with Crippen molar-refractivity contribution in [1.82, 2.24) is 5.32 Å². The standard InChI is InChI=1S/C29H27F3N2O2/c1-3-14-36-23-11-13-25(26(30)15-23)29-33-16-19(17-34-29)4-5-22-10-12-24(28(32)27(22)31)21-8-6-20(7-9-21)18(2)35/h3-11,13,15-18,24,29,33,35H,1,12,14H2,2H3/b5-4+/t18?,24?,29-/m0/s1. The molecule has 36 heavy (non-hydrogen) atoms. The Kier molecular flexibility index (Phi) is 7.90.